The second-order valence-corrected chi connectivity index (χ2v) is 6.78. The Morgan fingerprint density at radius 3 is 2.81 bits per heavy atom. The first-order chi connectivity index (χ1) is 12.6. The smallest absolute Gasteiger partial charge is 0.409 e. The Bertz CT molecular complexity index is 770. The zero-order valence-corrected chi connectivity index (χ0v) is 16.6. The predicted octanol–water partition coefficient (Wildman–Crippen LogP) is 3.78. The minimum Gasteiger partial charge on any atom is -0.465 e. The van der Waals surface area contributed by atoms with Crippen molar-refractivity contribution in [2.45, 2.75) is 23.8 Å². The van der Waals surface area contributed by atoms with Gasteiger partial charge in [-0.1, -0.05) is 29.5 Å². The summed E-state index contributed by atoms with van der Waals surface area (Å²) in [5.41, 5.74) is 2.35. The van der Waals surface area contributed by atoms with Gasteiger partial charge in [-0.3, -0.25) is 5.32 Å². The second kappa shape index (κ2) is 8.63. The summed E-state index contributed by atoms with van der Waals surface area (Å²) in [4.78, 5) is 22.5. The summed E-state index contributed by atoms with van der Waals surface area (Å²) in [5, 5.41) is 11.1. The number of alkyl halides is 1. The van der Waals surface area contributed by atoms with E-state index in [9.17, 15) is 4.79 Å². The first kappa shape index (κ1) is 18.8. The van der Waals surface area contributed by atoms with Crippen LogP contribution in [0.5, 0.6) is 0 Å². The van der Waals surface area contributed by atoms with Crippen molar-refractivity contribution >= 4 is 40.2 Å². The second-order valence-electron chi connectivity index (χ2n) is 6.01. The van der Waals surface area contributed by atoms with Gasteiger partial charge in [0.05, 0.1) is 24.9 Å². The lowest BCUT2D eigenvalue weighted by molar-refractivity contribution is 0.0925. The van der Waals surface area contributed by atoms with Gasteiger partial charge in [0.25, 0.3) is 0 Å². The fourth-order valence-corrected chi connectivity index (χ4v) is 3.34. The molecule has 8 heteroatoms. The summed E-state index contributed by atoms with van der Waals surface area (Å²) >= 11 is 2.30. The van der Waals surface area contributed by atoms with Crippen molar-refractivity contribution < 1.29 is 14.6 Å². The van der Waals surface area contributed by atoms with Crippen LogP contribution in [0, 0.1) is 0 Å². The van der Waals surface area contributed by atoms with Gasteiger partial charge in [0.1, 0.15) is 5.82 Å². The quantitative estimate of drug-likeness (QED) is 0.513. The molecule has 0 saturated carbocycles. The summed E-state index contributed by atoms with van der Waals surface area (Å²) in [5.74, 6) is 1.57. The fraction of sp³-hybridized carbons (Fsp3) is 0.389. The molecule has 1 aliphatic heterocycles. The number of benzene rings is 1. The number of nitrogens with one attached hydrogen (secondary N) is 1. The normalized spacial score (nSPS) is 17.2. The Morgan fingerprint density at radius 2 is 2.15 bits per heavy atom. The largest absolute Gasteiger partial charge is 0.465 e. The van der Waals surface area contributed by atoms with Crippen LogP contribution in [-0.2, 0) is 9.16 Å². The fourth-order valence-electron chi connectivity index (χ4n) is 2.95. The monoisotopic (exact) mass is 468 g/mol. The molecule has 1 amide bonds. The molecule has 26 heavy (non-hydrogen) atoms. The van der Waals surface area contributed by atoms with Crippen LogP contribution >= 0.6 is 22.6 Å². The molecule has 1 aliphatic rings. The highest BCUT2D eigenvalue weighted by Gasteiger charge is 2.23. The Balaban J connectivity index is 1.93. The topological polar surface area (TPSA) is 87.6 Å². The van der Waals surface area contributed by atoms with Crippen LogP contribution in [0.2, 0.25) is 0 Å². The molecular weight excluding hydrogens is 447 g/mol. The number of aromatic nitrogens is 2. The molecule has 2 heterocycles. The molecule has 1 atom stereocenters. The van der Waals surface area contributed by atoms with Crippen molar-refractivity contribution in [3.8, 4) is 11.4 Å². The lowest BCUT2D eigenvalue weighted by atomic mass is 10.1. The third-order valence-corrected chi connectivity index (χ3v) is 5.07. The van der Waals surface area contributed by atoms with E-state index in [0.29, 0.717) is 30.8 Å². The van der Waals surface area contributed by atoms with Gasteiger partial charge in [0.15, 0.2) is 5.82 Å². The van der Waals surface area contributed by atoms with E-state index in [-0.39, 0.29) is 0 Å². The van der Waals surface area contributed by atoms with Crippen LogP contribution in [0.4, 0.5) is 16.3 Å². The zero-order chi connectivity index (χ0) is 18.5. The van der Waals surface area contributed by atoms with E-state index < -0.39 is 6.09 Å². The van der Waals surface area contributed by atoms with Gasteiger partial charge in [0.2, 0.25) is 0 Å². The minimum atomic E-state index is -1.08. The number of carboxylic acid groups (broad SMARTS) is 1. The maximum absolute atomic E-state index is 10.7. The number of hydrogen-bond donors (Lipinski definition) is 2. The maximum Gasteiger partial charge on any atom is 0.409 e. The molecule has 3 rings (SSSR count). The van der Waals surface area contributed by atoms with E-state index >= 15 is 0 Å². The number of carbonyl (C=O) groups is 1. The molecule has 1 saturated heterocycles. The molecule has 2 N–H and O–H groups in total. The Labute approximate surface area is 165 Å². The molecule has 138 valence electrons. The van der Waals surface area contributed by atoms with Gasteiger partial charge in [0, 0.05) is 28.3 Å². The first-order valence-corrected chi connectivity index (χ1v) is 10.0. The van der Waals surface area contributed by atoms with Crippen molar-refractivity contribution in [1.82, 2.24) is 9.97 Å². The number of hydrogen-bond acceptors (Lipinski definition) is 5. The number of ether oxygens (including phenoxy) is 1. The van der Waals surface area contributed by atoms with E-state index in [4.69, 9.17) is 14.8 Å². The molecule has 0 bridgehead atoms. The molecule has 7 nitrogen and oxygen atoms in total. The summed E-state index contributed by atoms with van der Waals surface area (Å²) in [6.45, 7) is 4.38. The van der Waals surface area contributed by atoms with E-state index in [2.05, 4.69) is 44.7 Å². The van der Waals surface area contributed by atoms with Crippen molar-refractivity contribution in [2.75, 3.05) is 30.0 Å². The highest BCUT2D eigenvalue weighted by Crippen LogP contribution is 2.25. The minimum absolute atomic E-state index is 0.315. The van der Waals surface area contributed by atoms with Gasteiger partial charge in [-0.25, -0.2) is 14.8 Å². The van der Waals surface area contributed by atoms with Crippen molar-refractivity contribution in [1.29, 1.82) is 0 Å². The number of anilines is 2. The van der Waals surface area contributed by atoms with Crippen LogP contribution in [-0.4, -0.2) is 47.0 Å². The summed E-state index contributed by atoms with van der Waals surface area (Å²) < 4.78 is 6.39. The van der Waals surface area contributed by atoms with Gasteiger partial charge in [-0.2, -0.15) is 0 Å². The average Bonchev–Trinajstić information content (AvgIpc) is 2.67. The lowest BCUT2D eigenvalue weighted by Gasteiger charge is -2.36. The standard InChI is InChI=1S/C18H21IN4O3/c1-2-15-11-26-8-7-23(15)16-9-14(10-19)20-17(22-16)12-3-5-13(6-4-12)21-18(24)25/h3-6,9,15,21H,2,7-8,10-11H2,1H3,(H,24,25)/t15-/m0/s1. The average molecular weight is 468 g/mol. The van der Waals surface area contributed by atoms with Crippen LogP contribution in [0.25, 0.3) is 11.4 Å². The van der Waals surface area contributed by atoms with Crippen molar-refractivity contribution in [3.05, 3.63) is 36.0 Å². The molecule has 2 aromatic rings. The van der Waals surface area contributed by atoms with Gasteiger partial charge >= 0.3 is 6.09 Å². The molecule has 0 radical (unpaired) electrons. The van der Waals surface area contributed by atoms with Crippen LogP contribution in [0.3, 0.4) is 0 Å². The maximum atomic E-state index is 10.7. The Hall–Kier alpha value is -1.94. The predicted molar refractivity (Wildman–Crippen MR) is 109 cm³/mol. The Kier molecular flexibility index (Phi) is 6.25. The Morgan fingerprint density at radius 1 is 1.38 bits per heavy atom. The molecule has 1 fully saturated rings. The summed E-state index contributed by atoms with van der Waals surface area (Å²) in [7, 11) is 0. The molecule has 0 aliphatic carbocycles. The third-order valence-electron chi connectivity index (χ3n) is 4.29. The molecule has 0 spiro atoms. The number of halogens is 1. The number of rotatable bonds is 5. The number of morpholine rings is 1. The molecular formula is C18H21IN4O3. The highest BCUT2D eigenvalue weighted by atomic mass is 127. The highest BCUT2D eigenvalue weighted by molar-refractivity contribution is 14.1. The van der Waals surface area contributed by atoms with Gasteiger partial charge in [-0.05, 0) is 30.7 Å². The SMILES string of the molecule is CC[C@H]1COCCN1c1cc(CI)nc(-c2ccc(NC(=O)O)cc2)n1. The lowest BCUT2D eigenvalue weighted by Crippen LogP contribution is -2.45. The first-order valence-electron chi connectivity index (χ1n) is 8.49. The summed E-state index contributed by atoms with van der Waals surface area (Å²) in [6, 6.07) is 9.45. The molecule has 0 unspecified atom stereocenters. The van der Waals surface area contributed by atoms with Crippen LogP contribution in [0.1, 0.15) is 19.0 Å². The van der Waals surface area contributed by atoms with Crippen molar-refractivity contribution in [2.24, 2.45) is 0 Å². The van der Waals surface area contributed by atoms with Crippen LogP contribution < -0.4 is 10.2 Å². The number of nitrogens with zero attached hydrogens (tertiary/aromatic N) is 3. The van der Waals surface area contributed by atoms with E-state index in [1.807, 2.05) is 18.2 Å². The third kappa shape index (κ3) is 4.42. The van der Waals surface area contributed by atoms with Crippen LogP contribution in [0.15, 0.2) is 30.3 Å². The van der Waals surface area contributed by atoms with E-state index in [0.717, 1.165) is 34.5 Å². The van der Waals surface area contributed by atoms with Gasteiger partial charge < -0.3 is 14.7 Å². The molecule has 1 aromatic carbocycles. The summed E-state index contributed by atoms with van der Waals surface area (Å²) in [6.07, 6.45) is -0.0878. The zero-order valence-electron chi connectivity index (χ0n) is 14.5. The molecule has 1 aromatic heterocycles. The van der Waals surface area contributed by atoms with Crippen molar-refractivity contribution in [3.63, 3.8) is 0 Å². The van der Waals surface area contributed by atoms with E-state index in [1.54, 1.807) is 12.1 Å². The van der Waals surface area contributed by atoms with Gasteiger partial charge in [-0.15, -0.1) is 0 Å². The number of amides is 1. The van der Waals surface area contributed by atoms with E-state index in [1.165, 1.54) is 0 Å².